The number of carbonyl (C=O) groups is 1. The third kappa shape index (κ3) is 3.08. The molecule has 21 heavy (non-hydrogen) atoms. The first-order valence-corrected chi connectivity index (χ1v) is 6.95. The number of nitrogens with zero attached hydrogens (tertiary/aromatic N) is 1. The van der Waals surface area contributed by atoms with Crippen molar-refractivity contribution in [2.24, 2.45) is 4.99 Å². The van der Waals surface area contributed by atoms with Crippen molar-refractivity contribution in [2.75, 3.05) is 0 Å². The predicted octanol–water partition coefficient (Wildman–Crippen LogP) is 3.93. The van der Waals surface area contributed by atoms with Crippen LogP contribution in [-0.4, -0.2) is 11.9 Å². The van der Waals surface area contributed by atoms with Crippen molar-refractivity contribution in [2.45, 2.75) is 0 Å². The second-order valence-corrected chi connectivity index (χ2v) is 5.31. The van der Waals surface area contributed by atoms with E-state index >= 15 is 0 Å². The zero-order valence-corrected chi connectivity index (χ0v) is 12.3. The highest BCUT2D eigenvalue weighted by molar-refractivity contribution is 9.10. The third-order valence-electron chi connectivity index (χ3n) is 2.89. The maximum absolute atomic E-state index is 12.8. The van der Waals surface area contributed by atoms with Gasteiger partial charge < -0.3 is 4.74 Å². The highest BCUT2D eigenvalue weighted by Crippen LogP contribution is 2.20. The molecule has 0 saturated carbocycles. The predicted molar refractivity (Wildman–Crippen MR) is 81.1 cm³/mol. The molecular formula is C16H9BrFNO2. The van der Waals surface area contributed by atoms with Gasteiger partial charge in [-0.25, -0.2) is 14.2 Å². The van der Waals surface area contributed by atoms with E-state index in [9.17, 15) is 9.18 Å². The Hall–Kier alpha value is -2.27. The molecule has 0 aliphatic carbocycles. The van der Waals surface area contributed by atoms with Crippen LogP contribution in [0.25, 0.3) is 6.08 Å². The van der Waals surface area contributed by atoms with Gasteiger partial charge in [0.25, 0.3) is 0 Å². The van der Waals surface area contributed by atoms with Gasteiger partial charge in [0, 0.05) is 10.0 Å². The average Bonchev–Trinajstić information content (AvgIpc) is 2.83. The summed E-state index contributed by atoms with van der Waals surface area (Å²) in [6.07, 6.45) is 1.56. The number of halogens is 2. The van der Waals surface area contributed by atoms with Crippen LogP contribution >= 0.6 is 15.9 Å². The fourth-order valence-electron chi connectivity index (χ4n) is 1.84. The molecule has 0 spiro atoms. The Kier molecular flexibility index (Phi) is 3.66. The molecule has 0 bridgehead atoms. The van der Waals surface area contributed by atoms with Gasteiger partial charge in [0.15, 0.2) is 5.70 Å². The fourth-order valence-corrected chi connectivity index (χ4v) is 2.11. The van der Waals surface area contributed by atoms with Crippen LogP contribution in [0.1, 0.15) is 11.1 Å². The lowest BCUT2D eigenvalue weighted by Crippen LogP contribution is -2.05. The van der Waals surface area contributed by atoms with Crippen LogP contribution in [0.2, 0.25) is 0 Å². The summed E-state index contributed by atoms with van der Waals surface area (Å²) in [6, 6.07) is 13.1. The number of ether oxygens (including phenoxy) is 1. The number of hydrogen-bond acceptors (Lipinski definition) is 3. The average molecular weight is 346 g/mol. The lowest BCUT2D eigenvalue weighted by Gasteiger charge is -1.98. The normalized spacial score (nSPS) is 16.0. The largest absolute Gasteiger partial charge is 0.402 e. The summed E-state index contributed by atoms with van der Waals surface area (Å²) < 4.78 is 18.9. The van der Waals surface area contributed by atoms with Crippen LogP contribution in [0.4, 0.5) is 4.39 Å². The summed E-state index contributed by atoms with van der Waals surface area (Å²) in [5.74, 6) is -0.580. The maximum atomic E-state index is 12.8. The van der Waals surface area contributed by atoms with E-state index in [1.165, 1.54) is 12.1 Å². The van der Waals surface area contributed by atoms with Gasteiger partial charge in [0.05, 0.1) is 0 Å². The van der Waals surface area contributed by atoms with Crippen molar-refractivity contribution in [1.82, 2.24) is 0 Å². The van der Waals surface area contributed by atoms with Crippen LogP contribution < -0.4 is 0 Å². The molecule has 104 valence electrons. The van der Waals surface area contributed by atoms with E-state index in [1.54, 1.807) is 30.3 Å². The minimum atomic E-state index is -0.516. The Labute approximate surface area is 128 Å². The van der Waals surface area contributed by atoms with Gasteiger partial charge in [-0.05, 0) is 48.0 Å². The Morgan fingerprint density at radius 1 is 1.05 bits per heavy atom. The van der Waals surface area contributed by atoms with E-state index in [-0.39, 0.29) is 17.4 Å². The second-order valence-electron chi connectivity index (χ2n) is 4.39. The molecule has 3 nitrogen and oxygen atoms in total. The molecule has 2 aromatic carbocycles. The minimum Gasteiger partial charge on any atom is -0.402 e. The molecule has 1 aliphatic heterocycles. The van der Waals surface area contributed by atoms with Crippen LogP contribution in [0, 0.1) is 5.82 Å². The molecule has 0 amide bonds. The lowest BCUT2D eigenvalue weighted by molar-refractivity contribution is -0.129. The summed E-state index contributed by atoms with van der Waals surface area (Å²) >= 11 is 3.34. The van der Waals surface area contributed by atoms with E-state index in [1.807, 2.05) is 12.1 Å². The van der Waals surface area contributed by atoms with Crippen molar-refractivity contribution in [3.8, 4) is 0 Å². The van der Waals surface area contributed by atoms with Crippen molar-refractivity contribution in [3.05, 3.63) is 75.6 Å². The third-order valence-corrected chi connectivity index (χ3v) is 3.41. The Morgan fingerprint density at radius 2 is 1.71 bits per heavy atom. The Balaban J connectivity index is 1.91. The quantitative estimate of drug-likeness (QED) is 0.610. The summed E-state index contributed by atoms with van der Waals surface area (Å²) in [5, 5.41) is 0. The SMILES string of the molecule is O=C1OC(c2ccc(Br)cc2)=N/C1=C/c1ccc(F)cc1. The number of benzene rings is 2. The van der Waals surface area contributed by atoms with Crippen molar-refractivity contribution < 1.29 is 13.9 Å². The Bertz CT molecular complexity index is 749. The molecule has 0 saturated heterocycles. The van der Waals surface area contributed by atoms with Gasteiger partial charge in [-0.2, -0.15) is 0 Å². The first-order valence-electron chi connectivity index (χ1n) is 6.16. The molecule has 5 heteroatoms. The van der Waals surface area contributed by atoms with Gasteiger partial charge >= 0.3 is 5.97 Å². The molecular weight excluding hydrogens is 337 g/mol. The zero-order chi connectivity index (χ0) is 14.8. The smallest absolute Gasteiger partial charge is 0.363 e. The lowest BCUT2D eigenvalue weighted by atomic mass is 10.2. The van der Waals surface area contributed by atoms with Crippen LogP contribution in [0.15, 0.2) is 63.7 Å². The first-order chi connectivity index (χ1) is 10.1. The van der Waals surface area contributed by atoms with Crippen LogP contribution in [0.3, 0.4) is 0 Å². The van der Waals surface area contributed by atoms with E-state index in [2.05, 4.69) is 20.9 Å². The van der Waals surface area contributed by atoms with Gasteiger partial charge in [0.1, 0.15) is 5.82 Å². The van der Waals surface area contributed by atoms with E-state index in [0.29, 0.717) is 11.1 Å². The summed E-state index contributed by atoms with van der Waals surface area (Å²) in [4.78, 5) is 16.0. The van der Waals surface area contributed by atoms with Gasteiger partial charge in [0.2, 0.25) is 5.90 Å². The number of cyclic esters (lactones) is 1. The van der Waals surface area contributed by atoms with Crippen LogP contribution in [0.5, 0.6) is 0 Å². The minimum absolute atomic E-state index is 0.194. The zero-order valence-electron chi connectivity index (χ0n) is 10.7. The van der Waals surface area contributed by atoms with Gasteiger partial charge in [-0.3, -0.25) is 0 Å². The van der Waals surface area contributed by atoms with Gasteiger partial charge in [-0.1, -0.05) is 28.1 Å². The molecule has 0 atom stereocenters. The number of aliphatic imine (C=N–C) groups is 1. The highest BCUT2D eigenvalue weighted by Gasteiger charge is 2.23. The monoisotopic (exact) mass is 345 g/mol. The molecule has 3 rings (SSSR count). The molecule has 0 aromatic heterocycles. The fraction of sp³-hybridized carbons (Fsp3) is 0. The van der Waals surface area contributed by atoms with E-state index in [4.69, 9.17) is 4.74 Å². The number of rotatable bonds is 2. The molecule has 0 fully saturated rings. The molecule has 1 heterocycles. The molecule has 0 N–H and O–H groups in total. The summed E-state index contributed by atoms with van der Waals surface area (Å²) in [5.41, 5.74) is 1.60. The van der Waals surface area contributed by atoms with Gasteiger partial charge in [-0.15, -0.1) is 0 Å². The highest BCUT2D eigenvalue weighted by atomic mass is 79.9. The molecule has 0 radical (unpaired) electrons. The van der Waals surface area contributed by atoms with Crippen molar-refractivity contribution in [1.29, 1.82) is 0 Å². The maximum Gasteiger partial charge on any atom is 0.363 e. The van der Waals surface area contributed by atoms with Crippen molar-refractivity contribution >= 4 is 33.9 Å². The second kappa shape index (κ2) is 5.61. The topological polar surface area (TPSA) is 38.7 Å². The number of carbonyl (C=O) groups excluding carboxylic acids is 1. The summed E-state index contributed by atoms with van der Waals surface area (Å²) in [6.45, 7) is 0. The van der Waals surface area contributed by atoms with E-state index < -0.39 is 5.97 Å². The summed E-state index contributed by atoms with van der Waals surface area (Å²) in [7, 11) is 0. The standard InChI is InChI=1S/C16H9BrFNO2/c17-12-5-3-11(4-6-12)15-19-14(16(20)21-15)9-10-1-7-13(18)8-2-10/h1-9H/b14-9+. The number of esters is 1. The molecule has 1 aliphatic rings. The Morgan fingerprint density at radius 3 is 2.38 bits per heavy atom. The molecule has 0 unspecified atom stereocenters. The van der Waals surface area contributed by atoms with Crippen LogP contribution in [-0.2, 0) is 9.53 Å². The molecule has 2 aromatic rings. The first kappa shape index (κ1) is 13.7. The number of hydrogen-bond donors (Lipinski definition) is 0. The van der Waals surface area contributed by atoms with Crippen molar-refractivity contribution in [3.63, 3.8) is 0 Å². The van der Waals surface area contributed by atoms with E-state index in [0.717, 1.165) is 4.47 Å².